The molecule has 1 atom stereocenters. The third kappa shape index (κ3) is 3.18. The summed E-state index contributed by atoms with van der Waals surface area (Å²) in [5.74, 6) is 0.183. The van der Waals surface area contributed by atoms with Gasteiger partial charge >= 0.3 is 6.03 Å². The molecular weight excluding hydrogens is 302 g/mol. The predicted octanol–water partition coefficient (Wildman–Crippen LogP) is 2.92. The van der Waals surface area contributed by atoms with Crippen LogP contribution in [0.4, 0.5) is 4.79 Å². The summed E-state index contributed by atoms with van der Waals surface area (Å²) in [6.45, 7) is 6.48. The zero-order chi connectivity index (χ0) is 17.2. The number of urea groups is 1. The van der Waals surface area contributed by atoms with E-state index in [9.17, 15) is 9.59 Å². The van der Waals surface area contributed by atoms with Gasteiger partial charge in [-0.05, 0) is 43.8 Å². The monoisotopic (exact) mass is 329 g/mol. The van der Waals surface area contributed by atoms with E-state index in [1.54, 1.807) is 0 Å². The molecule has 3 amide bonds. The number of rotatable bonds is 5. The average molecular weight is 329 g/mol. The normalized spacial score (nSPS) is 25.4. The van der Waals surface area contributed by atoms with Crippen molar-refractivity contribution < 1.29 is 9.59 Å². The minimum Gasteiger partial charge on any atom is -0.319 e. The van der Waals surface area contributed by atoms with Gasteiger partial charge in [0, 0.05) is 0 Å². The molecule has 0 bridgehead atoms. The van der Waals surface area contributed by atoms with Crippen molar-refractivity contribution in [2.45, 2.75) is 45.1 Å². The average Bonchev–Trinajstić information content (AvgIpc) is 2.81. The summed E-state index contributed by atoms with van der Waals surface area (Å²) in [4.78, 5) is 29.5. The van der Waals surface area contributed by atoms with Crippen molar-refractivity contribution in [3.8, 4) is 0 Å². The number of nitrogens with zero attached hydrogens (tertiary/aromatic N) is 2. The van der Waals surface area contributed by atoms with Gasteiger partial charge in [-0.25, -0.2) is 9.69 Å². The SMILES string of the molecule is CC(C)C[C@]1(c2ccccc2)NC(=O)N(CN2CCCCC2)C1=O. The molecule has 0 spiro atoms. The second-order valence-electron chi connectivity index (χ2n) is 7.35. The fourth-order valence-electron chi connectivity index (χ4n) is 3.84. The number of carbonyl (C=O) groups is 2. The van der Waals surface area contributed by atoms with Crippen molar-refractivity contribution in [1.82, 2.24) is 15.1 Å². The van der Waals surface area contributed by atoms with Gasteiger partial charge < -0.3 is 5.32 Å². The highest BCUT2D eigenvalue weighted by Gasteiger charge is 2.52. The molecule has 0 aliphatic carbocycles. The second-order valence-corrected chi connectivity index (χ2v) is 7.35. The molecule has 0 aromatic heterocycles. The first-order chi connectivity index (χ1) is 11.5. The standard InChI is InChI=1S/C19H27N3O2/c1-15(2)13-19(16-9-5-3-6-10-16)17(23)22(18(24)20-19)14-21-11-7-4-8-12-21/h3,5-6,9-10,15H,4,7-8,11-14H2,1-2H3,(H,20,24)/t19-/m1/s1. The van der Waals surface area contributed by atoms with Gasteiger partial charge in [-0.1, -0.05) is 50.6 Å². The van der Waals surface area contributed by atoms with Gasteiger partial charge in [-0.3, -0.25) is 9.69 Å². The smallest absolute Gasteiger partial charge is 0.319 e. The van der Waals surface area contributed by atoms with Crippen LogP contribution in [0.3, 0.4) is 0 Å². The van der Waals surface area contributed by atoms with Crippen LogP contribution < -0.4 is 5.32 Å². The van der Waals surface area contributed by atoms with Crippen molar-refractivity contribution in [2.24, 2.45) is 5.92 Å². The molecule has 3 rings (SSSR count). The van der Waals surface area contributed by atoms with Crippen molar-refractivity contribution in [1.29, 1.82) is 0 Å². The quantitative estimate of drug-likeness (QED) is 0.845. The molecule has 0 unspecified atom stereocenters. The molecule has 2 fully saturated rings. The third-order valence-electron chi connectivity index (χ3n) is 4.95. The Labute approximate surface area is 144 Å². The Morgan fingerprint density at radius 2 is 1.75 bits per heavy atom. The van der Waals surface area contributed by atoms with E-state index in [0.717, 1.165) is 31.5 Å². The highest BCUT2D eigenvalue weighted by molar-refractivity contribution is 6.07. The number of hydrogen-bond acceptors (Lipinski definition) is 3. The predicted molar refractivity (Wildman–Crippen MR) is 93.2 cm³/mol. The minimum absolute atomic E-state index is 0.113. The number of nitrogens with one attached hydrogen (secondary N) is 1. The number of likely N-dealkylation sites (tertiary alicyclic amines) is 1. The molecule has 0 radical (unpaired) electrons. The van der Waals surface area contributed by atoms with Gasteiger partial charge in [-0.15, -0.1) is 0 Å². The number of hydrogen-bond donors (Lipinski definition) is 1. The summed E-state index contributed by atoms with van der Waals surface area (Å²) in [5.41, 5.74) is -0.0549. The first kappa shape index (κ1) is 17.0. The van der Waals surface area contributed by atoms with Crippen LogP contribution in [-0.2, 0) is 10.3 Å². The van der Waals surface area contributed by atoms with Crippen LogP contribution in [0.5, 0.6) is 0 Å². The van der Waals surface area contributed by atoms with Gasteiger partial charge in [0.25, 0.3) is 5.91 Å². The van der Waals surface area contributed by atoms with Crippen molar-refractivity contribution in [2.75, 3.05) is 19.8 Å². The number of carbonyl (C=O) groups excluding carboxylic acids is 2. The Balaban J connectivity index is 1.87. The van der Waals surface area contributed by atoms with E-state index in [1.165, 1.54) is 11.3 Å². The van der Waals surface area contributed by atoms with Crippen molar-refractivity contribution >= 4 is 11.9 Å². The molecule has 130 valence electrons. The lowest BCUT2D eigenvalue weighted by atomic mass is 9.82. The van der Waals surface area contributed by atoms with Gasteiger partial charge in [0.1, 0.15) is 5.54 Å². The summed E-state index contributed by atoms with van der Waals surface area (Å²) in [5, 5.41) is 3.02. The van der Waals surface area contributed by atoms with Crippen LogP contribution >= 0.6 is 0 Å². The lowest BCUT2D eigenvalue weighted by molar-refractivity contribution is -0.133. The summed E-state index contributed by atoms with van der Waals surface area (Å²) in [6.07, 6.45) is 4.12. The molecule has 5 heteroatoms. The molecule has 24 heavy (non-hydrogen) atoms. The summed E-state index contributed by atoms with van der Waals surface area (Å²) < 4.78 is 0. The number of piperidine rings is 1. The van der Waals surface area contributed by atoms with Gasteiger partial charge in [0.05, 0.1) is 6.67 Å². The summed E-state index contributed by atoms with van der Waals surface area (Å²) >= 11 is 0. The van der Waals surface area contributed by atoms with Gasteiger partial charge in [0.2, 0.25) is 0 Å². The lowest BCUT2D eigenvalue weighted by Crippen LogP contribution is -2.47. The zero-order valence-electron chi connectivity index (χ0n) is 14.6. The highest BCUT2D eigenvalue weighted by Crippen LogP contribution is 2.35. The van der Waals surface area contributed by atoms with E-state index in [-0.39, 0.29) is 11.9 Å². The maximum Gasteiger partial charge on any atom is 0.326 e. The van der Waals surface area contributed by atoms with Crippen LogP contribution in [0.15, 0.2) is 30.3 Å². The fraction of sp³-hybridized carbons (Fsp3) is 0.579. The largest absolute Gasteiger partial charge is 0.326 e. The van der Waals surface area contributed by atoms with E-state index in [4.69, 9.17) is 0 Å². The Hall–Kier alpha value is -1.88. The third-order valence-corrected chi connectivity index (χ3v) is 4.95. The molecule has 2 aliphatic rings. The van der Waals surface area contributed by atoms with Crippen molar-refractivity contribution in [3.05, 3.63) is 35.9 Å². The zero-order valence-corrected chi connectivity index (χ0v) is 14.6. The maximum atomic E-state index is 13.3. The highest BCUT2D eigenvalue weighted by atomic mass is 16.2. The molecular formula is C19H27N3O2. The number of benzene rings is 1. The van der Waals surface area contributed by atoms with Crippen LogP contribution in [0.2, 0.25) is 0 Å². The first-order valence-electron chi connectivity index (χ1n) is 8.95. The van der Waals surface area contributed by atoms with Gasteiger partial charge in [-0.2, -0.15) is 0 Å². The minimum atomic E-state index is -0.928. The number of amides is 3. The molecule has 1 aromatic carbocycles. The van der Waals surface area contributed by atoms with Crippen LogP contribution in [0, 0.1) is 5.92 Å². The molecule has 5 nitrogen and oxygen atoms in total. The fourth-order valence-corrected chi connectivity index (χ4v) is 3.84. The Bertz CT molecular complexity index is 596. The van der Waals surface area contributed by atoms with Crippen LogP contribution in [0.25, 0.3) is 0 Å². The number of imide groups is 1. The molecule has 2 aliphatic heterocycles. The van der Waals surface area contributed by atoms with E-state index in [1.807, 2.05) is 30.3 Å². The van der Waals surface area contributed by atoms with E-state index >= 15 is 0 Å². The maximum absolute atomic E-state index is 13.3. The van der Waals surface area contributed by atoms with Crippen molar-refractivity contribution in [3.63, 3.8) is 0 Å². The lowest BCUT2D eigenvalue weighted by Gasteiger charge is -2.31. The summed E-state index contributed by atoms with van der Waals surface area (Å²) in [7, 11) is 0. The van der Waals surface area contributed by atoms with Crippen LogP contribution in [0.1, 0.15) is 45.1 Å². The van der Waals surface area contributed by atoms with Crippen LogP contribution in [-0.4, -0.2) is 41.5 Å². The van der Waals surface area contributed by atoms with E-state index in [2.05, 4.69) is 24.1 Å². The summed E-state index contributed by atoms with van der Waals surface area (Å²) in [6, 6.07) is 9.37. The first-order valence-corrected chi connectivity index (χ1v) is 8.95. The molecule has 1 aromatic rings. The van der Waals surface area contributed by atoms with Gasteiger partial charge in [0.15, 0.2) is 0 Å². The van der Waals surface area contributed by atoms with E-state index < -0.39 is 5.54 Å². The Morgan fingerprint density at radius 3 is 2.38 bits per heavy atom. The Kier molecular flexibility index (Phi) is 4.90. The second kappa shape index (κ2) is 6.93. The van der Waals surface area contributed by atoms with E-state index in [0.29, 0.717) is 19.0 Å². The molecule has 1 N–H and O–H groups in total. The topological polar surface area (TPSA) is 52.7 Å². The molecule has 2 saturated heterocycles. The molecule has 2 heterocycles. The molecule has 0 saturated carbocycles. The Morgan fingerprint density at radius 1 is 1.08 bits per heavy atom.